The summed E-state index contributed by atoms with van der Waals surface area (Å²) in [6, 6.07) is 18.3. The summed E-state index contributed by atoms with van der Waals surface area (Å²) in [5, 5.41) is 4.89. The summed E-state index contributed by atoms with van der Waals surface area (Å²) in [5.41, 5.74) is -2.01. The third kappa shape index (κ3) is 5.73. The van der Waals surface area contributed by atoms with E-state index in [0.717, 1.165) is 26.8 Å². The predicted octanol–water partition coefficient (Wildman–Crippen LogP) is 4.64. The van der Waals surface area contributed by atoms with Crippen molar-refractivity contribution in [1.29, 1.82) is 0 Å². The van der Waals surface area contributed by atoms with Crippen molar-refractivity contribution in [2.45, 2.75) is 26.2 Å². The summed E-state index contributed by atoms with van der Waals surface area (Å²) in [5.74, 6) is -0.992. The summed E-state index contributed by atoms with van der Waals surface area (Å²) in [6.45, 7) is 1.16. The number of fused-ring (bicyclic) bond motifs is 1. The molecule has 0 bridgehead atoms. The van der Waals surface area contributed by atoms with Crippen molar-refractivity contribution in [1.82, 2.24) is 14.5 Å². The molecule has 5 rings (SSSR count). The zero-order valence-electron chi connectivity index (χ0n) is 22.1. The van der Waals surface area contributed by atoms with Crippen LogP contribution < -0.4 is 21.9 Å². The van der Waals surface area contributed by atoms with Gasteiger partial charge in [0.25, 0.3) is 11.5 Å². The van der Waals surface area contributed by atoms with Gasteiger partial charge >= 0.3 is 11.9 Å². The lowest BCUT2D eigenvalue weighted by molar-refractivity contribution is -0.137. The summed E-state index contributed by atoms with van der Waals surface area (Å²) >= 11 is 0. The first-order valence-corrected chi connectivity index (χ1v) is 12.7. The predicted molar refractivity (Wildman–Crippen MR) is 148 cm³/mol. The van der Waals surface area contributed by atoms with Crippen LogP contribution in [0.5, 0.6) is 0 Å². The first kappa shape index (κ1) is 28.1. The standard InChI is InChI=1S/C30H23F3N4O5/c1-18-8-11-20(12-9-18)37-28(40)22-13-10-19(27(39)34-16-21-5-4-14-42-21)15-25(22)36(29(37)41)17-26(38)35-24-7-3-2-6-23(24)30(31,32)33/h2-15H,16-17H2,1H3,(H,34,39)(H,35,38). The molecule has 12 heteroatoms. The number of carbonyl (C=O) groups is 2. The molecule has 0 saturated carbocycles. The van der Waals surface area contributed by atoms with Gasteiger partial charge in [0, 0.05) is 5.56 Å². The number of halogens is 3. The zero-order chi connectivity index (χ0) is 30.0. The van der Waals surface area contributed by atoms with Crippen LogP contribution in [0.2, 0.25) is 0 Å². The number of aryl methyl sites for hydroxylation is 1. The number of alkyl halides is 3. The Morgan fingerprint density at radius 1 is 0.929 bits per heavy atom. The van der Waals surface area contributed by atoms with E-state index >= 15 is 0 Å². The second kappa shape index (κ2) is 11.2. The fraction of sp³-hybridized carbons (Fsp3) is 0.133. The van der Waals surface area contributed by atoms with Gasteiger partial charge in [0.15, 0.2) is 0 Å². The maximum Gasteiger partial charge on any atom is 0.418 e. The first-order valence-electron chi connectivity index (χ1n) is 12.7. The summed E-state index contributed by atoms with van der Waals surface area (Å²) in [7, 11) is 0. The van der Waals surface area contributed by atoms with Gasteiger partial charge in [0.1, 0.15) is 12.3 Å². The third-order valence-electron chi connectivity index (χ3n) is 6.51. The Morgan fingerprint density at radius 3 is 2.36 bits per heavy atom. The largest absolute Gasteiger partial charge is 0.467 e. The van der Waals surface area contributed by atoms with Gasteiger partial charge in [-0.15, -0.1) is 0 Å². The lowest BCUT2D eigenvalue weighted by atomic mass is 10.1. The topological polar surface area (TPSA) is 115 Å². The Bertz CT molecular complexity index is 1910. The highest BCUT2D eigenvalue weighted by atomic mass is 19.4. The van der Waals surface area contributed by atoms with Gasteiger partial charge in [-0.2, -0.15) is 13.2 Å². The molecule has 2 amide bonds. The van der Waals surface area contributed by atoms with Crippen molar-refractivity contribution in [2.24, 2.45) is 0 Å². The number of furan rings is 1. The van der Waals surface area contributed by atoms with Gasteiger partial charge in [0.05, 0.1) is 40.6 Å². The molecule has 0 radical (unpaired) electrons. The molecule has 2 N–H and O–H groups in total. The average Bonchev–Trinajstić information content (AvgIpc) is 3.48. The summed E-state index contributed by atoms with van der Waals surface area (Å²) in [4.78, 5) is 53.2. The van der Waals surface area contributed by atoms with E-state index in [2.05, 4.69) is 10.6 Å². The number of amides is 2. The number of hydrogen-bond donors (Lipinski definition) is 2. The number of nitrogens with zero attached hydrogens (tertiary/aromatic N) is 2. The van der Waals surface area contributed by atoms with E-state index < -0.39 is 47.0 Å². The minimum atomic E-state index is -4.73. The molecule has 0 atom stereocenters. The van der Waals surface area contributed by atoms with Crippen LogP contribution in [0.25, 0.3) is 16.6 Å². The molecule has 0 aliphatic heterocycles. The Morgan fingerprint density at radius 2 is 1.67 bits per heavy atom. The van der Waals surface area contributed by atoms with Crippen LogP contribution in [-0.4, -0.2) is 20.9 Å². The van der Waals surface area contributed by atoms with E-state index in [4.69, 9.17) is 4.42 Å². The van der Waals surface area contributed by atoms with Crippen LogP contribution in [0.1, 0.15) is 27.2 Å². The van der Waals surface area contributed by atoms with Gasteiger partial charge in [-0.1, -0.05) is 29.8 Å². The number of hydrogen-bond acceptors (Lipinski definition) is 5. The number of anilines is 1. The van der Waals surface area contributed by atoms with Crippen LogP contribution in [0.3, 0.4) is 0 Å². The molecule has 9 nitrogen and oxygen atoms in total. The fourth-order valence-electron chi connectivity index (χ4n) is 4.44. The van der Waals surface area contributed by atoms with Crippen molar-refractivity contribution in [3.8, 4) is 5.69 Å². The highest BCUT2D eigenvalue weighted by Gasteiger charge is 2.33. The number of benzene rings is 3. The van der Waals surface area contributed by atoms with Crippen molar-refractivity contribution in [3.05, 3.63) is 128 Å². The molecule has 42 heavy (non-hydrogen) atoms. The molecular weight excluding hydrogens is 553 g/mol. The summed E-state index contributed by atoms with van der Waals surface area (Å²) in [6.07, 6.45) is -3.28. The van der Waals surface area contributed by atoms with E-state index in [1.807, 2.05) is 6.92 Å². The number of carbonyl (C=O) groups excluding carboxylic acids is 2. The zero-order valence-corrected chi connectivity index (χ0v) is 22.1. The second-order valence-corrected chi connectivity index (χ2v) is 9.43. The molecule has 0 fully saturated rings. The van der Waals surface area contributed by atoms with Crippen LogP contribution in [0, 0.1) is 6.92 Å². The van der Waals surface area contributed by atoms with E-state index in [-0.39, 0.29) is 28.7 Å². The van der Waals surface area contributed by atoms with E-state index in [9.17, 15) is 32.3 Å². The van der Waals surface area contributed by atoms with Crippen LogP contribution in [0.4, 0.5) is 18.9 Å². The minimum absolute atomic E-state index is 0.0150. The minimum Gasteiger partial charge on any atom is -0.467 e. The maximum atomic E-state index is 13.7. The maximum absolute atomic E-state index is 13.7. The van der Waals surface area contributed by atoms with Crippen LogP contribution in [0.15, 0.2) is 99.1 Å². The Labute approximate surface area is 235 Å². The monoisotopic (exact) mass is 576 g/mol. The number of aromatic nitrogens is 2. The van der Waals surface area contributed by atoms with Gasteiger partial charge in [-0.25, -0.2) is 9.36 Å². The number of rotatable bonds is 7. The summed E-state index contributed by atoms with van der Waals surface area (Å²) < 4.78 is 47.5. The Kier molecular flexibility index (Phi) is 7.53. The van der Waals surface area contributed by atoms with Crippen molar-refractivity contribution >= 4 is 28.4 Å². The van der Waals surface area contributed by atoms with Gasteiger partial charge in [-0.05, 0) is 61.5 Å². The van der Waals surface area contributed by atoms with E-state index in [1.165, 1.54) is 36.6 Å². The smallest absolute Gasteiger partial charge is 0.418 e. The lowest BCUT2D eigenvalue weighted by Crippen LogP contribution is -2.41. The normalized spacial score (nSPS) is 11.4. The molecule has 0 spiro atoms. The number of para-hydroxylation sites is 1. The SMILES string of the molecule is Cc1ccc(-n2c(=O)c3ccc(C(=O)NCc4ccco4)cc3n(CC(=O)Nc3ccccc3C(F)(F)F)c2=O)cc1. The molecule has 3 aromatic carbocycles. The Hall–Kier alpha value is -5.39. The highest BCUT2D eigenvalue weighted by Crippen LogP contribution is 2.34. The first-order chi connectivity index (χ1) is 20.0. The lowest BCUT2D eigenvalue weighted by Gasteiger charge is -2.17. The molecular formula is C30H23F3N4O5. The quantitative estimate of drug-likeness (QED) is 0.293. The van der Waals surface area contributed by atoms with Gasteiger partial charge in [0.2, 0.25) is 5.91 Å². The van der Waals surface area contributed by atoms with Crippen LogP contribution >= 0.6 is 0 Å². The van der Waals surface area contributed by atoms with E-state index in [1.54, 1.807) is 36.4 Å². The molecule has 0 saturated heterocycles. The molecule has 2 aromatic heterocycles. The molecule has 0 unspecified atom stereocenters. The third-order valence-corrected chi connectivity index (χ3v) is 6.51. The molecule has 214 valence electrons. The van der Waals surface area contributed by atoms with Crippen molar-refractivity contribution in [2.75, 3.05) is 5.32 Å². The fourth-order valence-corrected chi connectivity index (χ4v) is 4.44. The highest BCUT2D eigenvalue weighted by molar-refractivity contribution is 5.98. The molecule has 2 heterocycles. The molecule has 0 aliphatic rings. The van der Waals surface area contributed by atoms with Gasteiger partial charge < -0.3 is 15.1 Å². The molecule has 0 aliphatic carbocycles. The van der Waals surface area contributed by atoms with Crippen LogP contribution in [-0.2, 0) is 24.1 Å². The number of nitrogens with one attached hydrogen (secondary N) is 2. The van der Waals surface area contributed by atoms with Gasteiger partial charge in [-0.3, -0.25) is 19.0 Å². The van der Waals surface area contributed by atoms with E-state index in [0.29, 0.717) is 5.76 Å². The molecule has 5 aromatic rings. The van der Waals surface area contributed by atoms with Crippen molar-refractivity contribution < 1.29 is 27.2 Å². The average molecular weight is 577 g/mol. The Balaban J connectivity index is 1.59. The van der Waals surface area contributed by atoms with Crippen molar-refractivity contribution in [3.63, 3.8) is 0 Å². The second-order valence-electron chi connectivity index (χ2n) is 9.43.